The standard InChI is InChI=1S/C15H20F2N2O2/c16-11-7-12(17)13(18)6-10(11)14(21)19-8-15(9-20)4-2-1-3-5-15/h6-7,20H,1-5,8-9,18H2,(H,19,21). The highest BCUT2D eigenvalue weighted by atomic mass is 19.1. The molecule has 0 saturated heterocycles. The first-order valence-corrected chi connectivity index (χ1v) is 7.11. The molecule has 6 heteroatoms. The summed E-state index contributed by atoms with van der Waals surface area (Å²) in [4.78, 5) is 12.0. The zero-order chi connectivity index (χ0) is 15.5. The van der Waals surface area contributed by atoms with E-state index in [0.29, 0.717) is 6.07 Å². The van der Waals surface area contributed by atoms with Crippen LogP contribution in [0.5, 0.6) is 0 Å². The first-order valence-electron chi connectivity index (χ1n) is 7.11. The molecule has 0 unspecified atom stereocenters. The molecular formula is C15H20F2N2O2. The van der Waals surface area contributed by atoms with Gasteiger partial charge < -0.3 is 16.2 Å². The topological polar surface area (TPSA) is 75.4 Å². The van der Waals surface area contributed by atoms with Gasteiger partial charge in [-0.15, -0.1) is 0 Å². The van der Waals surface area contributed by atoms with Gasteiger partial charge in [0.1, 0.15) is 11.6 Å². The van der Waals surface area contributed by atoms with E-state index < -0.39 is 17.5 Å². The summed E-state index contributed by atoms with van der Waals surface area (Å²) in [5, 5.41) is 12.2. The number of nitrogens with one attached hydrogen (secondary N) is 1. The number of benzene rings is 1. The number of hydrogen-bond acceptors (Lipinski definition) is 3. The fourth-order valence-electron chi connectivity index (χ4n) is 2.80. The summed E-state index contributed by atoms with van der Waals surface area (Å²) < 4.78 is 26.7. The third kappa shape index (κ3) is 3.50. The molecule has 0 heterocycles. The number of aliphatic hydroxyl groups excluding tert-OH is 1. The Kier molecular flexibility index (Phi) is 4.77. The van der Waals surface area contributed by atoms with Crippen LogP contribution in [0.15, 0.2) is 12.1 Å². The van der Waals surface area contributed by atoms with Crippen molar-refractivity contribution in [1.82, 2.24) is 5.32 Å². The lowest BCUT2D eigenvalue weighted by molar-refractivity contribution is 0.0716. The van der Waals surface area contributed by atoms with Gasteiger partial charge in [0.2, 0.25) is 0 Å². The largest absolute Gasteiger partial charge is 0.396 e. The maximum atomic E-state index is 13.6. The van der Waals surface area contributed by atoms with Crippen LogP contribution in [0, 0.1) is 17.0 Å². The van der Waals surface area contributed by atoms with Crippen molar-refractivity contribution >= 4 is 11.6 Å². The Labute approximate surface area is 122 Å². The van der Waals surface area contributed by atoms with Gasteiger partial charge in [-0.25, -0.2) is 8.78 Å². The molecule has 0 bridgehead atoms. The van der Waals surface area contributed by atoms with Crippen LogP contribution in [0.3, 0.4) is 0 Å². The monoisotopic (exact) mass is 298 g/mol. The second-order valence-electron chi connectivity index (χ2n) is 5.76. The molecule has 0 aliphatic heterocycles. The van der Waals surface area contributed by atoms with Crippen LogP contribution in [0.25, 0.3) is 0 Å². The van der Waals surface area contributed by atoms with Gasteiger partial charge in [-0.1, -0.05) is 19.3 Å². The van der Waals surface area contributed by atoms with Crippen molar-refractivity contribution < 1.29 is 18.7 Å². The maximum Gasteiger partial charge on any atom is 0.254 e. The van der Waals surface area contributed by atoms with Gasteiger partial charge in [-0.2, -0.15) is 0 Å². The molecule has 21 heavy (non-hydrogen) atoms. The Balaban J connectivity index is 2.06. The molecule has 4 nitrogen and oxygen atoms in total. The van der Waals surface area contributed by atoms with Crippen LogP contribution in [0.4, 0.5) is 14.5 Å². The lowest BCUT2D eigenvalue weighted by atomic mass is 9.74. The highest BCUT2D eigenvalue weighted by Crippen LogP contribution is 2.35. The van der Waals surface area contributed by atoms with Crippen molar-refractivity contribution in [2.45, 2.75) is 32.1 Å². The molecule has 1 saturated carbocycles. The maximum absolute atomic E-state index is 13.6. The third-order valence-electron chi connectivity index (χ3n) is 4.20. The number of carbonyl (C=O) groups excluding carboxylic acids is 1. The quantitative estimate of drug-likeness (QED) is 0.746. The van der Waals surface area contributed by atoms with Gasteiger partial charge in [-0.3, -0.25) is 4.79 Å². The highest BCUT2D eigenvalue weighted by Gasteiger charge is 2.32. The fraction of sp³-hybridized carbons (Fsp3) is 0.533. The van der Waals surface area contributed by atoms with Gasteiger partial charge in [0, 0.05) is 18.0 Å². The Bertz CT molecular complexity index is 529. The molecule has 1 amide bonds. The van der Waals surface area contributed by atoms with E-state index in [1.807, 2.05) is 0 Å². The van der Waals surface area contributed by atoms with E-state index in [2.05, 4.69) is 5.32 Å². The Morgan fingerprint density at radius 2 is 1.90 bits per heavy atom. The lowest BCUT2D eigenvalue weighted by Crippen LogP contribution is -2.41. The number of amides is 1. The molecule has 1 aromatic carbocycles. The van der Waals surface area contributed by atoms with Crippen LogP contribution < -0.4 is 11.1 Å². The SMILES string of the molecule is Nc1cc(C(=O)NCC2(CO)CCCCC2)c(F)cc1F. The van der Waals surface area contributed by atoms with Crippen LogP contribution in [-0.2, 0) is 0 Å². The first-order chi connectivity index (χ1) is 9.97. The number of nitrogen functional groups attached to an aromatic ring is 1. The van der Waals surface area contributed by atoms with Crippen molar-refractivity contribution in [3.05, 3.63) is 29.3 Å². The Morgan fingerprint density at radius 3 is 2.52 bits per heavy atom. The van der Waals surface area contributed by atoms with E-state index in [0.717, 1.165) is 38.2 Å². The Hall–Kier alpha value is -1.69. The summed E-state index contributed by atoms with van der Waals surface area (Å²) in [5.41, 5.74) is 4.47. The van der Waals surface area contributed by atoms with E-state index in [1.165, 1.54) is 0 Å². The summed E-state index contributed by atoms with van der Waals surface area (Å²) in [5.74, 6) is -2.47. The van der Waals surface area contributed by atoms with Gasteiger partial charge in [0.05, 0.1) is 17.9 Å². The van der Waals surface area contributed by atoms with Crippen LogP contribution in [-0.4, -0.2) is 24.2 Å². The van der Waals surface area contributed by atoms with Crippen molar-refractivity contribution in [3.8, 4) is 0 Å². The molecular weight excluding hydrogens is 278 g/mol. The van der Waals surface area contributed by atoms with Crippen LogP contribution >= 0.6 is 0 Å². The first kappa shape index (κ1) is 15.7. The molecule has 2 rings (SSSR count). The molecule has 1 aromatic rings. The molecule has 4 N–H and O–H groups in total. The van der Waals surface area contributed by atoms with Crippen molar-refractivity contribution in [2.75, 3.05) is 18.9 Å². The predicted octanol–water partition coefficient (Wildman–Crippen LogP) is 2.22. The molecule has 1 fully saturated rings. The smallest absolute Gasteiger partial charge is 0.254 e. The normalized spacial score (nSPS) is 17.5. The zero-order valence-corrected chi connectivity index (χ0v) is 11.8. The molecule has 0 radical (unpaired) electrons. The molecule has 116 valence electrons. The van der Waals surface area contributed by atoms with E-state index in [1.54, 1.807) is 0 Å². The van der Waals surface area contributed by atoms with E-state index in [9.17, 15) is 18.7 Å². The predicted molar refractivity (Wildman–Crippen MR) is 75.7 cm³/mol. The Morgan fingerprint density at radius 1 is 1.24 bits per heavy atom. The molecule has 0 aromatic heterocycles. The number of aliphatic hydroxyl groups is 1. The third-order valence-corrected chi connectivity index (χ3v) is 4.20. The number of nitrogens with two attached hydrogens (primary N) is 1. The number of anilines is 1. The number of halogens is 2. The molecule has 1 aliphatic rings. The average Bonchev–Trinajstić information content (AvgIpc) is 2.49. The molecule has 0 atom stereocenters. The number of carbonyl (C=O) groups is 1. The van der Waals surface area contributed by atoms with Gasteiger partial charge in [0.15, 0.2) is 0 Å². The second kappa shape index (κ2) is 6.39. The fourth-order valence-corrected chi connectivity index (χ4v) is 2.80. The highest BCUT2D eigenvalue weighted by molar-refractivity contribution is 5.95. The van der Waals surface area contributed by atoms with Crippen molar-refractivity contribution in [1.29, 1.82) is 0 Å². The molecule has 1 aliphatic carbocycles. The van der Waals surface area contributed by atoms with E-state index in [-0.39, 0.29) is 29.8 Å². The van der Waals surface area contributed by atoms with Gasteiger partial charge in [0.25, 0.3) is 5.91 Å². The number of hydrogen-bond donors (Lipinski definition) is 3. The van der Waals surface area contributed by atoms with Gasteiger partial charge >= 0.3 is 0 Å². The summed E-state index contributed by atoms with van der Waals surface area (Å²) in [7, 11) is 0. The van der Waals surface area contributed by atoms with Gasteiger partial charge in [-0.05, 0) is 18.9 Å². The minimum absolute atomic E-state index is 0.0126. The van der Waals surface area contributed by atoms with E-state index in [4.69, 9.17) is 5.73 Å². The average molecular weight is 298 g/mol. The van der Waals surface area contributed by atoms with Crippen LogP contribution in [0.2, 0.25) is 0 Å². The van der Waals surface area contributed by atoms with E-state index >= 15 is 0 Å². The lowest BCUT2D eigenvalue weighted by Gasteiger charge is -2.35. The number of rotatable bonds is 4. The summed E-state index contributed by atoms with van der Waals surface area (Å²) >= 11 is 0. The summed E-state index contributed by atoms with van der Waals surface area (Å²) in [6, 6.07) is 1.60. The minimum atomic E-state index is -0.944. The van der Waals surface area contributed by atoms with Crippen molar-refractivity contribution in [3.63, 3.8) is 0 Å². The molecule has 0 spiro atoms. The van der Waals surface area contributed by atoms with Crippen LogP contribution in [0.1, 0.15) is 42.5 Å². The minimum Gasteiger partial charge on any atom is -0.396 e. The van der Waals surface area contributed by atoms with Crippen molar-refractivity contribution in [2.24, 2.45) is 5.41 Å². The second-order valence-corrected chi connectivity index (χ2v) is 5.76. The summed E-state index contributed by atoms with van der Waals surface area (Å²) in [6.07, 6.45) is 4.80. The summed E-state index contributed by atoms with van der Waals surface area (Å²) in [6.45, 7) is 0.264. The zero-order valence-electron chi connectivity index (χ0n) is 11.8.